The van der Waals surface area contributed by atoms with Crippen LogP contribution in [-0.2, 0) is 14.8 Å². The molecule has 21 heavy (non-hydrogen) atoms. The average Bonchev–Trinajstić information content (AvgIpc) is 2.69. The minimum Gasteiger partial charge on any atom is -0.383 e. The maximum Gasteiger partial charge on any atom is 0.212 e. The molecule has 2 aliphatic heterocycles. The number of unbranched alkanes of at least 4 members (excludes halogenated alkanes) is 1. The van der Waals surface area contributed by atoms with E-state index < -0.39 is 10.0 Å². The molecule has 0 aliphatic carbocycles. The van der Waals surface area contributed by atoms with Crippen molar-refractivity contribution in [3.05, 3.63) is 0 Å². The van der Waals surface area contributed by atoms with E-state index in [0.29, 0.717) is 6.61 Å². The topological polar surface area (TPSA) is 58.6 Å². The van der Waals surface area contributed by atoms with Crippen molar-refractivity contribution in [1.29, 1.82) is 0 Å². The van der Waals surface area contributed by atoms with E-state index in [-0.39, 0.29) is 17.2 Å². The Bertz CT molecular complexity index is 423. The molecule has 3 atom stereocenters. The molecule has 0 radical (unpaired) electrons. The van der Waals surface area contributed by atoms with Crippen LogP contribution >= 0.6 is 0 Å². The van der Waals surface area contributed by atoms with E-state index in [1.54, 1.807) is 7.11 Å². The molecule has 2 fully saturated rings. The summed E-state index contributed by atoms with van der Waals surface area (Å²) in [6.07, 6.45) is 6.15. The van der Waals surface area contributed by atoms with Crippen molar-refractivity contribution in [2.75, 3.05) is 39.1 Å². The fourth-order valence-electron chi connectivity index (χ4n) is 3.82. The Morgan fingerprint density at radius 1 is 1.33 bits per heavy atom. The van der Waals surface area contributed by atoms with Gasteiger partial charge in [-0.25, -0.2) is 13.1 Å². The highest BCUT2D eigenvalue weighted by Crippen LogP contribution is 2.40. The summed E-state index contributed by atoms with van der Waals surface area (Å²) in [4.78, 5) is 2.41. The number of fused-ring (bicyclic) bond motifs is 2. The molecule has 0 spiro atoms. The van der Waals surface area contributed by atoms with Crippen molar-refractivity contribution < 1.29 is 13.2 Å². The molecular formula is C15H30N2O3S. The van der Waals surface area contributed by atoms with E-state index >= 15 is 0 Å². The van der Waals surface area contributed by atoms with Crippen LogP contribution in [0.15, 0.2) is 0 Å². The lowest BCUT2D eigenvalue weighted by atomic mass is 9.83. The first kappa shape index (κ1) is 17.2. The number of nitrogens with one attached hydrogen (secondary N) is 1. The maximum absolute atomic E-state index is 12.5. The molecule has 0 aromatic carbocycles. The van der Waals surface area contributed by atoms with Gasteiger partial charge in [0.1, 0.15) is 0 Å². The Balaban J connectivity index is 1.93. The van der Waals surface area contributed by atoms with Gasteiger partial charge in [-0.3, -0.25) is 0 Å². The molecule has 3 unspecified atom stereocenters. The minimum atomic E-state index is -3.23. The van der Waals surface area contributed by atoms with Gasteiger partial charge in [0.05, 0.1) is 12.4 Å². The largest absolute Gasteiger partial charge is 0.383 e. The Labute approximate surface area is 129 Å². The van der Waals surface area contributed by atoms with Crippen LogP contribution in [0.5, 0.6) is 0 Å². The number of rotatable bonds is 9. The zero-order valence-electron chi connectivity index (χ0n) is 13.4. The summed E-state index contributed by atoms with van der Waals surface area (Å²) < 4.78 is 33.1. The highest BCUT2D eigenvalue weighted by atomic mass is 32.2. The average molecular weight is 318 g/mol. The van der Waals surface area contributed by atoms with Crippen LogP contribution in [0.25, 0.3) is 0 Å². The number of methoxy groups -OCH3 is 1. The van der Waals surface area contributed by atoms with Crippen molar-refractivity contribution in [2.24, 2.45) is 5.41 Å². The number of sulfonamides is 1. The first-order valence-corrected chi connectivity index (χ1v) is 9.85. The van der Waals surface area contributed by atoms with Crippen LogP contribution in [-0.4, -0.2) is 58.5 Å². The van der Waals surface area contributed by atoms with Crippen molar-refractivity contribution in [2.45, 2.75) is 51.5 Å². The molecule has 2 rings (SSSR count). The summed E-state index contributed by atoms with van der Waals surface area (Å²) >= 11 is 0. The van der Waals surface area contributed by atoms with Crippen molar-refractivity contribution in [1.82, 2.24) is 9.62 Å². The number of hydrogen-bond acceptors (Lipinski definition) is 4. The summed E-state index contributed by atoms with van der Waals surface area (Å²) in [7, 11) is -1.61. The van der Waals surface area contributed by atoms with Crippen LogP contribution in [0.1, 0.15) is 45.4 Å². The van der Waals surface area contributed by atoms with Crippen LogP contribution in [0.4, 0.5) is 0 Å². The van der Waals surface area contributed by atoms with Gasteiger partial charge in [0.25, 0.3) is 0 Å². The third kappa shape index (κ3) is 4.91. The molecule has 0 aromatic heterocycles. The number of ether oxygens (including phenoxy) is 1. The molecule has 0 saturated carbocycles. The van der Waals surface area contributed by atoms with E-state index in [0.717, 1.165) is 58.2 Å². The first-order chi connectivity index (χ1) is 9.99. The van der Waals surface area contributed by atoms with Crippen molar-refractivity contribution in [3.8, 4) is 0 Å². The second-order valence-corrected chi connectivity index (χ2v) is 8.56. The van der Waals surface area contributed by atoms with Gasteiger partial charge >= 0.3 is 0 Å². The van der Waals surface area contributed by atoms with Crippen LogP contribution < -0.4 is 4.72 Å². The highest BCUT2D eigenvalue weighted by Gasteiger charge is 2.44. The van der Waals surface area contributed by atoms with Crippen molar-refractivity contribution >= 4 is 10.0 Å². The molecule has 2 aliphatic rings. The zero-order valence-corrected chi connectivity index (χ0v) is 14.3. The smallest absolute Gasteiger partial charge is 0.212 e. The molecule has 2 bridgehead atoms. The standard InChI is InChI=1S/C15H30N2O3S/c1-3-4-6-14(11-20-2)16-21(18,19)13-15-7-5-9-17(12-15)10-8-15/h14,16H,3-13H2,1-2H3. The van der Waals surface area contributed by atoms with Gasteiger partial charge in [-0.2, -0.15) is 0 Å². The predicted octanol–water partition coefficient (Wildman–Crippen LogP) is 1.60. The zero-order chi connectivity index (χ0) is 15.3. The second kappa shape index (κ2) is 7.40. The lowest BCUT2D eigenvalue weighted by Crippen LogP contribution is -2.45. The minimum absolute atomic E-state index is 0.00748. The van der Waals surface area contributed by atoms with E-state index in [4.69, 9.17) is 4.74 Å². The third-order valence-corrected chi connectivity index (χ3v) is 6.50. The fourth-order valence-corrected chi connectivity index (χ4v) is 5.78. The molecule has 2 heterocycles. The quantitative estimate of drug-likeness (QED) is 0.701. The Hall–Kier alpha value is -0.170. The molecule has 6 heteroatoms. The Morgan fingerprint density at radius 2 is 2.14 bits per heavy atom. The Kier molecular flexibility index (Phi) is 6.05. The fraction of sp³-hybridized carbons (Fsp3) is 1.00. The van der Waals surface area contributed by atoms with Crippen LogP contribution in [0, 0.1) is 5.41 Å². The van der Waals surface area contributed by atoms with Crippen LogP contribution in [0.2, 0.25) is 0 Å². The van der Waals surface area contributed by atoms with Gasteiger partial charge in [0.2, 0.25) is 10.0 Å². The van der Waals surface area contributed by atoms with Gasteiger partial charge in [-0.1, -0.05) is 19.8 Å². The lowest BCUT2D eigenvalue weighted by Gasteiger charge is -2.34. The number of hydrogen-bond donors (Lipinski definition) is 1. The van der Waals surface area contributed by atoms with Gasteiger partial charge < -0.3 is 9.64 Å². The highest BCUT2D eigenvalue weighted by molar-refractivity contribution is 7.89. The van der Waals surface area contributed by atoms with Gasteiger partial charge in [0.15, 0.2) is 0 Å². The van der Waals surface area contributed by atoms with E-state index in [1.807, 2.05) is 0 Å². The summed E-state index contributed by atoms with van der Waals surface area (Å²) in [5.74, 6) is 0.281. The molecule has 2 saturated heterocycles. The van der Waals surface area contributed by atoms with E-state index in [1.165, 1.54) is 0 Å². The molecule has 0 aromatic rings. The normalized spacial score (nSPS) is 30.5. The monoisotopic (exact) mass is 318 g/mol. The molecule has 5 nitrogen and oxygen atoms in total. The summed E-state index contributed by atoms with van der Waals surface area (Å²) in [6, 6.07) is -0.0857. The summed E-state index contributed by atoms with van der Waals surface area (Å²) in [6.45, 7) is 5.73. The lowest BCUT2D eigenvalue weighted by molar-refractivity contribution is 0.169. The Morgan fingerprint density at radius 3 is 2.86 bits per heavy atom. The summed E-state index contributed by atoms with van der Waals surface area (Å²) in [5.41, 5.74) is -0.00748. The first-order valence-electron chi connectivity index (χ1n) is 8.20. The second-order valence-electron chi connectivity index (χ2n) is 6.80. The molecule has 124 valence electrons. The van der Waals surface area contributed by atoms with Gasteiger partial charge in [0, 0.05) is 19.7 Å². The van der Waals surface area contributed by atoms with Gasteiger partial charge in [-0.05, 0) is 44.2 Å². The SMILES string of the molecule is CCCCC(COC)NS(=O)(=O)CC12CCCN(CC1)C2. The molecular weight excluding hydrogens is 288 g/mol. The van der Waals surface area contributed by atoms with Gasteiger partial charge in [-0.15, -0.1) is 0 Å². The van der Waals surface area contributed by atoms with Crippen molar-refractivity contribution in [3.63, 3.8) is 0 Å². The number of piperidine rings is 1. The van der Waals surface area contributed by atoms with E-state index in [2.05, 4.69) is 16.5 Å². The molecule has 0 amide bonds. The summed E-state index contributed by atoms with van der Waals surface area (Å²) in [5, 5.41) is 0. The van der Waals surface area contributed by atoms with E-state index in [9.17, 15) is 8.42 Å². The maximum atomic E-state index is 12.5. The number of nitrogens with zero attached hydrogens (tertiary/aromatic N) is 1. The molecule has 1 N–H and O–H groups in total. The third-order valence-electron chi connectivity index (χ3n) is 4.82. The predicted molar refractivity (Wildman–Crippen MR) is 84.8 cm³/mol. The van der Waals surface area contributed by atoms with Crippen LogP contribution in [0.3, 0.4) is 0 Å².